The number of unbranched alkanes of at least 4 members (excludes halogenated alkanes) is 2. The van der Waals surface area contributed by atoms with Crippen LogP contribution >= 0.6 is 0 Å². The summed E-state index contributed by atoms with van der Waals surface area (Å²) in [7, 11) is 0. The van der Waals surface area contributed by atoms with E-state index >= 15 is 0 Å². The normalized spacial score (nSPS) is 13.1. The number of amides is 1. The van der Waals surface area contributed by atoms with Crippen molar-refractivity contribution in [2.75, 3.05) is 5.32 Å². The molecule has 1 rings (SSSR count). The Balaban J connectivity index is 2.57. The topological polar surface area (TPSA) is 104 Å². The molecule has 1 aromatic rings. The molecule has 24 heavy (non-hydrogen) atoms. The van der Waals surface area contributed by atoms with Crippen LogP contribution in [0.3, 0.4) is 0 Å². The van der Waals surface area contributed by atoms with Crippen molar-refractivity contribution in [2.24, 2.45) is 11.8 Å². The summed E-state index contributed by atoms with van der Waals surface area (Å²) in [4.78, 5) is 34.3. The van der Waals surface area contributed by atoms with E-state index in [1.54, 1.807) is 6.92 Å². The van der Waals surface area contributed by atoms with E-state index in [0.29, 0.717) is 12.1 Å². The van der Waals surface area contributed by atoms with Crippen molar-refractivity contribution in [3.8, 4) is 0 Å². The first kappa shape index (κ1) is 19.7. The summed E-state index contributed by atoms with van der Waals surface area (Å²) in [6.07, 6.45) is 3.54. The van der Waals surface area contributed by atoms with Crippen molar-refractivity contribution < 1.29 is 24.6 Å². The zero-order valence-electron chi connectivity index (χ0n) is 14.1. The maximum Gasteiger partial charge on any atom is 0.335 e. The van der Waals surface area contributed by atoms with Gasteiger partial charge >= 0.3 is 11.9 Å². The van der Waals surface area contributed by atoms with Gasteiger partial charge in [-0.1, -0.05) is 33.1 Å². The molecule has 0 saturated carbocycles. The quantitative estimate of drug-likeness (QED) is 0.566. The molecule has 2 atom stereocenters. The van der Waals surface area contributed by atoms with E-state index < -0.39 is 17.9 Å². The molecule has 0 aliphatic heterocycles. The molecule has 0 aliphatic carbocycles. The van der Waals surface area contributed by atoms with Crippen LogP contribution in [0.25, 0.3) is 0 Å². The van der Waals surface area contributed by atoms with Gasteiger partial charge in [0.1, 0.15) is 0 Å². The van der Waals surface area contributed by atoms with Gasteiger partial charge in [-0.25, -0.2) is 4.79 Å². The minimum atomic E-state index is -1.03. The third-order valence-electron chi connectivity index (χ3n) is 4.05. The van der Waals surface area contributed by atoms with Gasteiger partial charge in [-0.05, 0) is 36.6 Å². The van der Waals surface area contributed by atoms with Gasteiger partial charge in [0.05, 0.1) is 11.5 Å². The molecule has 0 heterocycles. The fourth-order valence-electron chi connectivity index (χ4n) is 2.61. The number of benzene rings is 1. The van der Waals surface area contributed by atoms with Crippen molar-refractivity contribution in [1.82, 2.24) is 0 Å². The summed E-state index contributed by atoms with van der Waals surface area (Å²) in [5, 5.41) is 20.9. The van der Waals surface area contributed by atoms with Crippen molar-refractivity contribution in [3.05, 3.63) is 29.8 Å². The molecule has 0 bridgehead atoms. The monoisotopic (exact) mass is 335 g/mol. The zero-order chi connectivity index (χ0) is 18.1. The predicted molar refractivity (Wildman–Crippen MR) is 91.1 cm³/mol. The summed E-state index contributed by atoms with van der Waals surface area (Å²) < 4.78 is 0. The largest absolute Gasteiger partial charge is 0.481 e. The van der Waals surface area contributed by atoms with Crippen LogP contribution in [-0.4, -0.2) is 28.1 Å². The van der Waals surface area contributed by atoms with Gasteiger partial charge in [0.15, 0.2) is 0 Å². The number of carboxylic acids is 2. The smallest absolute Gasteiger partial charge is 0.335 e. The molecule has 132 valence electrons. The highest BCUT2D eigenvalue weighted by Gasteiger charge is 2.26. The SMILES string of the molecule is CCCCC[C@@H](C(=O)O)[C@@H](C)CC(=O)Nc1ccc(C(=O)O)cc1. The molecule has 1 aromatic carbocycles. The first-order valence-corrected chi connectivity index (χ1v) is 8.21. The maximum atomic E-state index is 12.1. The maximum absolute atomic E-state index is 12.1. The van der Waals surface area contributed by atoms with Gasteiger partial charge in [0.2, 0.25) is 5.91 Å². The van der Waals surface area contributed by atoms with Crippen LogP contribution in [-0.2, 0) is 9.59 Å². The number of hydrogen-bond donors (Lipinski definition) is 3. The lowest BCUT2D eigenvalue weighted by atomic mass is 9.86. The van der Waals surface area contributed by atoms with Crippen LogP contribution in [0.4, 0.5) is 5.69 Å². The number of hydrogen-bond acceptors (Lipinski definition) is 3. The highest BCUT2D eigenvalue weighted by molar-refractivity contribution is 5.92. The van der Waals surface area contributed by atoms with Crippen molar-refractivity contribution in [2.45, 2.75) is 46.0 Å². The summed E-state index contributed by atoms with van der Waals surface area (Å²) in [5.41, 5.74) is 0.637. The minimum absolute atomic E-state index is 0.115. The Kier molecular flexibility index (Phi) is 7.95. The van der Waals surface area contributed by atoms with E-state index in [2.05, 4.69) is 12.2 Å². The lowest BCUT2D eigenvalue weighted by Crippen LogP contribution is -2.26. The Hall–Kier alpha value is -2.37. The summed E-state index contributed by atoms with van der Waals surface area (Å²) in [5.74, 6) is -2.96. The van der Waals surface area contributed by atoms with Gasteiger partial charge in [0.25, 0.3) is 0 Å². The van der Waals surface area contributed by atoms with Gasteiger partial charge in [-0.3, -0.25) is 9.59 Å². The average Bonchev–Trinajstić information content (AvgIpc) is 2.51. The van der Waals surface area contributed by atoms with Gasteiger partial charge in [-0.15, -0.1) is 0 Å². The molecule has 0 radical (unpaired) electrons. The van der Waals surface area contributed by atoms with Gasteiger partial charge in [0, 0.05) is 12.1 Å². The molecule has 6 heteroatoms. The Labute approximate surface area is 141 Å². The van der Waals surface area contributed by atoms with Gasteiger partial charge in [-0.2, -0.15) is 0 Å². The second-order valence-electron chi connectivity index (χ2n) is 6.05. The second kappa shape index (κ2) is 9.70. The molecular formula is C18H25NO5. The lowest BCUT2D eigenvalue weighted by Gasteiger charge is -2.19. The van der Waals surface area contributed by atoms with E-state index in [0.717, 1.165) is 19.3 Å². The Morgan fingerprint density at radius 2 is 1.71 bits per heavy atom. The minimum Gasteiger partial charge on any atom is -0.481 e. The van der Waals surface area contributed by atoms with Crippen LogP contribution in [0.5, 0.6) is 0 Å². The average molecular weight is 335 g/mol. The highest BCUT2D eigenvalue weighted by Crippen LogP contribution is 2.23. The number of aromatic carboxylic acids is 1. The molecule has 6 nitrogen and oxygen atoms in total. The molecular weight excluding hydrogens is 310 g/mol. The van der Waals surface area contributed by atoms with E-state index in [1.807, 2.05) is 0 Å². The third-order valence-corrected chi connectivity index (χ3v) is 4.05. The third kappa shape index (κ3) is 6.40. The molecule has 0 aliphatic rings. The number of anilines is 1. The number of aliphatic carboxylic acids is 1. The van der Waals surface area contributed by atoms with Crippen LogP contribution < -0.4 is 5.32 Å². The summed E-state index contributed by atoms with van der Waals surface area (Å²) >= 11 is 0. The molecule has 0 unspecified atom stereocenters. The van der Waals surface area contributed by atoms with Crippen molar-refractivity contribution in [3.63, 3.8) is 0 Å². The summed E-state index contributed by atoms with van der Waals surface area (Å²) in [6.45, 7) is 3.83. The molecule has 0 fully saturated rings. The molecule has 0 spiro atoms. The number of carboxylic acid groups (broad SMARTS) is 2. The van der Waals surface area contributed by atoms with Crippen LogP contribution in [0.2, 0.25) is 0 Å². The first-order valence-electron chi connectivity index (χ1n) is 8.21. The van der Waals surface area contributed by atoms with E-state index in [1.165, 1.54) is 24.3 Å². The number of rotatable bonds is 10. The second-order valence-corrected chi connectivity index (χ2v) is 6.05. The zero-order valence-corrected chi connectivity index (χ0v) is 14.1. The summed E-state index contributed by atoms with van der Waals surface area (Å²) in [6, 6.07) is 5.85. The number of carbonyl (C=O) groups is 3. The van der Waals surface area contributed by atoms with E-state index in [4.69, 9.17) is 5.11 Å². The van der Waals surface area contributed by atoms with E-state index in [-0.39, 0.29) is 23.8 Å². The van der Waals surface area contributed by atoms with Crippen molar-refractivity contribution >= 4 is 23.5 Å². The van der Waals surface area contributed by atoms with Gasteiger partial charge < -0.3 is 15.5 Å². The Morgan fingerprint density at radius 1 is 1.08 bits per heavy atom. The molecule has 1 amide bonds. The highest BCUT2D eigenvalue weighted by atomic mass is 16.4. The Morgan fingerprint density at radius 3 is 2.21 bits per heavy atom. The first-order chi connectivity index (χ1) is 11.3. The van der Waals surface area contributed by atoms with Crippen LogP contribution in [0, 0.1) is 11.8 Å². The molecule has 3 N–H and O–H groups in total. The van der Waals surface area contributed by atoms with Crippen LogP contribution in [0.15, 0.2) is 24.3 Å². The number of nitrogens with one attached hydrogen (secondary N) is 1. The fourth-order valence-corrected chi connectivity index (χ4v) is 2.61. The Bertz CT molecular complexity index is 567. The molecule has 0 aromatic heterocycles. The standard InChI is InChI=1S/C18H25NO5/c1-3-4-5-6-15(18(23)24)12(2)11-16(20)19-14-9-7-13(8-10-14)17(21)22/h7-10,12,15H,3-6,11H2,1-2H3,(H,19,20)(H,21,22)(H,23,24)/t12-,15+/m0/s1. The van der Waals surface area contributed by atoms with Crippen molar-refractivity contribution in [1.29, 1.82) is 0 Å². The fraction of sp³-hybridized carbons (Fsp3) is 0.500. The lowest BCUT2D eigenvalue weighted by molar-refractivity contribution is -0.144. The number of carbonyl (C=O) groups excluding carboxylic acids is 1. The van der Waals surface area contributed by atoms with E-state index in [9.17, 15) is 19.5 Å². The molecule has 0 saturated heterocycles. The predicted octanol–water partition coefficient (Wildman–Crippen LogP) is 3.63. The van der Waals surface area contributed by atoms with Crippen LogP contribution in [0.1, 0.15) is 56.3 Å².